The van der Waals surface area contributed by atoms with Crippen LogP contribution in [-0.4, -0.2) is 185 Å². The second-order valence-corrected chi connectivity index (χ2v) is 41.2. The van der Waals surface area contributed by atoms with Gasteiger partial charge >= 0.3 is 0 Å². The maximum absolute atomic E-state index is 11.9. The Morgan fingerprint density at radius 3 is 1.00 bits per heavy atom. The van der Waals surface area contributed by atoms with Gasteiger partial charge in [-0.25, -0.2) is 0 Å². The van der Waals surface area contributed by atoms with Crippen molar-refractivity contribution < 1.29 is 79.1 Å². The molecule has 3 aliphatic carbocycles. The zero-order valence-corrected chi connectivity index (χ0v) is 76.3. The molecule has 16 heteroatoms. The van der Waals surface area contributed by atoms with E-state index in [0.717, 1.165) is 122 Å². The van der Waals surface area contributed by atoms with E-state index in [-0.39, 0.29) is 25.9 Å². The summed E-state index contributed by atoms with van der Waals surface area (Å²) in [5.74, 6) is 13.7. The average Bonchev–Trinajstić information content (AvgIpc) is 1.60. The summed E-state index contributed by atoms with van der Waals surface area (Å²) in [6, 6.07) is 0. The fourth-order valence-electron chi connectivity index (χ4n) is 20.4. The van der Waals surface area contributed by atoms with E-state index in [0.29, 0.717) is 56.0 Å². The maximum atomic E-state index is 11.9. The van der Waals surface area contributed by atoms with Gasteiger partial charge in [-0.05, 0) is 158 Å². The molecular formula is C98H188O16. The van der Waals surface area contributed by atoms with Crippen LogP contribution in [0.5, 0.6) is 0 Å². The molecule has 26 unspecified atom stereocenters. The molecule has 0 aromatic rings. The van der Waals surface area contributed by atoms with Gasteiger partial charge in [0.15, 0.2) is 6.29 Å². The van der Waals surface area contributed by atoms with Gasteiger partial charge in [0.2, 0.25) is 0 Å². The van der Waals surface area contributed by atoms with Gasteiger partial charge in [-0.2, -0.15) is 0 Å². The van der Waals surface area contributed by atoms with Crippen LogP contribution in [0.4, 0.5) is 0 Å². The van der Waals surface area contributed by atoms with Crippen LogP contribution < -0.4 is 0 Å². The minimum atomic E-state index is -2.39. The fraction of sp³-hybridized carbons (Fsp3) is 1.00. The third-order valence-corrected chi connectivity index (χ3v) is 29.8. The van der Waals surface area contributed by atoms with Gasteiger partial charge in [-0.3, -0.25) is 0 Å². The summed E-state index contributed by atoms with van der Waals surface area (Å²) in [6.45, 7) is 35.9. The first-order chi connectivity index (χ1) is 54.6. The molecule has 0 amide bonds. The molecule has 5 aliphatic rings. The highest BCUT2D eigenvalue weighted by Gasteiger charge is 2.61. The van der Waals surface area contributed by atoms with E-state index in [1.54, 1.807) is 0 Å². The molecule has 9 N–H and O–H groups in total. The highest BCUT2D eigenvalue weighted by Crippen LogP contribution is 2.43. The number of fused-ring (bicyclic) bond motifs is 4. The van der Waals surface area contributed by atoms with E-state index in [1.165, 1.54) is 244 Å². The smallest absolute Gasteiger partial charge is 0.186 e. The number of ether oxygens (including phenoxy) is 7. The minimum Gasteiger partial charge on any atom is -0.394 e. The standard InChI is InChI=1S/C98H188O16/c1-69-25-15-27-71(3)31-19-35-77(9)54-58-109-66-88(67-112-96-93(104)92(103)95(106)98(96,107)68-113-97-94(105)91(102)90(101)89(64-100)114-97)111-60-56-80(12)40-24-44-84-50-52-86(62-84)82(14)42-22-38-76(8)48-47-75(7)37-21-41-81(13)85-51-49-83(61-85)43-23-39-78(10)53-57-108-65-87(63-99)110-59-55-79(11)36-20-32-72(4)28-16-26-70(2)30-18-34-74(6)46-45-73(5)33-17-29-69/h69-97,99-107H,15-68H2,1-14H3/t69?,70?,71?,72?,73?,74?,75?,76?,77?,78?,79?,80?,81?,82?,83?,84?,85?,86?,87?,88?,89-,90-,91+,92?,93?,94-,95?,96?,97?,98?/m1/s1. The summed E-state index contributed by atoms with van der Waals surface area (Å²) >= 11 is 0. The van der Waals surface area contributed by atoms with Crippen LogP contribution in [0, 0.1) is 107 Å². The van der Waals surface area contributed by atoms with E-state index < -0.39 is 80.0 Å². The third-order valence-electron chi connectivity index (χ3n) is 29.8. The summed E-state index contributed by atoms with van der Waals surface area (Å²) in [5.41, 5.74) is -2.39. The highest BCUT2D eigenvalue weighted by molar-refractivity contribution is 5.11. The number of hydrogen-bond donors (Lipinski definition) is 9. The lowest BCUT2D eigenvalue weighted by Crippen LogP contribution is -2.61. The van der Waals surface area contributed by atoms with Crippen LogP contribution in [0.3, 0.4) is 0 Å². The number of rotatable bonds is 8. The first-order valence-electron chi connectivity index (χ1n) is 48.9. The Hall–Kier alpha value is -0.640. The Bertz CT molecular complexity index is 2300. The first-order valence-corrected chi connectivity index (χ1v) is 48.9. The maximum Gasteiger partial charge on any atom is 0.186 e. The zero-order valence-electron chi connectivity index (χ0n) is 76.3. The lowest BCUT2D eigenvalue weighted by Gasteiger charge is -2.41. The number of aliphatic hydroxyl groups is 9. The molecule has 4 bridgehead atoms. The van der Waals surface area contributed by atoms with E-state index in [4.69, 9.17) is 33.2 Å². The van der Waals surface area contributed by atoms with Gasteiger partial charge in [-0.1, -0.05) is 328 Å². The summed E-state index contributed by atoms with van der Waals surface area (Å²) in [5, 5.41) is 96.4. The van der Waals surface area contributed by atoms with Crippen LogP contribution >= 0.6 is 0 Å². The van der Waals surface area contributed by atoms with Gasteiger partial charge in [0.1, 0.15) is 66.6 Å². The lowest BCUT2D eigenvalue weighted by atomic mass is 9.84. The SMILES string of the molecule is CC1CCCC(C)CCCC(C)CCC(C)CCCC(C)CCCC(C)CCCC(C)CCOC(CO)COCCC(C)CCCC2CCC(C2)C(C)CCCC(C)CCC(C)CCCC(C)C2CCC(CCCC(C)CCOC(COC3C(O)C(O)C(O)C3(O)COC3O[C@H](CO)[C@@H](O)[C@H](O)[C@H]3O)COCCC(C)CCC1)C2. The van der Waals surface area contributed by atoms with Crippen molar-refractivity contribution in [3.63, 3.8) is 0 Å². The molecule has 5 rings (SSSR count). The fourth-order valence-corrected chi connectivity index (χ4v) is 20.4. The largest absolute Gasteiger partial charge is 0.394 e. The van der Waals surface area contributed by atoms with E-state index >= 15 is 0 Å². The molecule has 30 atom stereocenters. The molecule has 0 radical (unpaired) electrons. The Labute approximate surface area is 700 Å². The normalized spacial score (nSPS) is 42.0. The Morgan fingerprint density at radius 1 is 0.307 bits per heavy atom. The van der Waals surface area contributed by atoms with Crippen molar-refractivity contribution in [3.8, 4) is 0 Å². The third kappa shape index (κ3) is 41.7. The van der Waals surface area contributed by atoms with E-state index in [1.807, 2.05) is 0 Å². The molecule has 16 nitrogen and oxygen atoms in total. The molecule has 114 heavy (non-hydrogen) atoms. The predicted octanol–water partition coefficient (Wildman–Crippen LogP) is 20.4. The topological polar surface area (TPSA) is 247 Å². The van der Waals surface area contributed by atoms with Crippen molar-refractivity contribution >= 4 is 0 Å². The van der Waals surface area contributed by atoms with E-state index in [9.17, 15) is 46.0 Å². The van der Waals surface area contributed by atoms with Crippen molar-refractivity contribution in [1.29, 1.82) is 0 Å². The second-order valence-electron chi connectivity index (χ2n) is 41.2. The monoisotopic (exact) mass is 1620 g/mol. The number of aliphatic hydroxyl groups excluding tert-OH is 8. The summed E-state index contributed by atoms with van der Waals surface area (Å²) in [7, 11) is 0. The van der Waals surface area contributed by atoms with Crippen molar-refractivity contribution in [1.82, 2.24) is 0 Å². The Morgan fingerprint density at radius 2 is 0.632 bits per heavy atom. The molecule has 5 fully saturated rings. The van der Waals surface area contributed by atoms with Crippen LogP contribution in [0.15, 0.2) is 0 Å². The molecule has 0 aromatic heterocycles. The summed E-state index contributed by atoms with van der Waals surface area (Å²) in [4.78, 5) is 0. The van der Waals surface area contributed by atoms with Crippen molar-refractivity contribution in [2.24, 2.45) is 107 Å². The van der Waals surface area contributed by atoms with Crippen molar-refractivity contribution in [2.45, 2.75) is 452 Å². The molecule has 0 aromatic carbocycles. The molecular weight excluding hydrogens is 1430 g/mol. The quantitative estimate of drug-likeness (QED) is 0.110. The van der Waals surface area contributed by atoms with Crippen molar-refractivity contribution in [3.05, 3.63) is 0 Å². The van der Waals surface area contributed by atoms with Crippen LogP contribution in [0.2, 0.25) is 0 Å². The van der Waals surface area contributed by atoms with Crippen LogP contribution in [0.25, 0.3) is 0 Å². The minimum absolute atomic E-state index is 0.0277. The van der Waals surface area contributed by atoms with Gasteiger partial charge in [0, 0.05) is 26.4 Å². The molecule has 0 spiro atoms. The lowest BCUT2D eigenvalue weighted by molar-refractivity contribution is -0.315. The highest BCUT2D eigenvalue weighted by atomic mass is 16.7. The van der Waals surface area contributed by atoms with Gasteiger partial charge < -0.3 is 79.1 Å². The summed E-state index contributed by atoms with van der Waals surface area (Å²) in [6.07, 6.45) is 41.3. The summed E-state index contributed by atoms with van der Waals surface area (Å²) < 4.78 is 42.5. The predicted molar refractivity (Wildman–Crippen MR) is 466 cm³/mol. The van der Waals surface area contributed by atoms with Crippen LogP contribution in [0.1, 0.15) is 379 Å². The number of hydrogen-bond acceptors (Lipinski definition) is 16. The molecule has 2 aliphatic heterocycles. The second kappa shape index (κ2) is 59.2. The van der Waals surface area contributed by atoms with E-state index in [2.05, 4.69) is 96.9 Å². The van der Waals surface area contributed by atoms with Crippen LogP contribution in [-0.2, 0) is 33.2 Å². The van der Waals surface area contributed by atoms with Crippen molar-refractivity contribution in [2.75, 3.05) is 66.1 Å². The molecule has 676 valence electrons. The van der Waals surface area contributed by atoms with Gasteiger partial charge in [-0.15, -0.1) is 0 Å². The Kier molecular flexibility index (Phi) is 54.0. The average molecular weight is 1620 g/mol. The Balaban J connectivity index is 1.06. The van der Waals surface area contributed by atoms with Gasteiger partial charge in [0.05, 0.1) is 39.6 Å². The molecule has 2 saturated heterocycles. The van der Waals surface area contributed by atoms with Gasteiger partial charge in [0.25, 0.3) is 0 Å². The zero-order chi connectivity index (χ0) is 83.4. The molecule has 2 heterocycles. The first kappa shape index (κ1) is 104. The molecule has 3 saturated carbocycles.